The van der Waals surface area contributed by atoms with Gasteiger partial charge in [0.05, 0.1) is 12.1 Å². The van der Waals surface area contributed by atoms with E-state index >= 15 is 0 Å². The van der Waals surface area contributed by atoms with Crippen LogP contribution in [0, 0.1) is 0 Å². The molecule has 5 heteroatoms. The van der Waals surface area contributed by atoms with E-state index in [9.17, 15) is 5.11 Å². The molecule has 1 fully saturated rings. The van der Waals surface area contributed by atoms with Crippen LogP contribution in [0.5, 0.6) is 0 Å². The fourth-order valence-electron chi connectivity index (χ4n) is 2.00. The molecule has 0 spiro atoms. The van der Waals surface area contributed by atoms with Gasteiger partial charge in [0.25, 0.3) is 0 Å². The highest BCUT2D eigenvalue weighted by Crippen LogP contribution is 2.24. The SMILES string of the molecule is [N-]=[N+]=N[C@H]1CN[C@@H](c2ccccc2)C[C@@H]1O. The van der Waals surface area contributed by atoms with Crippen LogP contribution in [-0.2, 0) is 0 Å². The largest absolute Gasteiger partial charge is 0.393 e. The van der Waals surface area contributed by atoms with Gasteiger partial charge in [0, 0.05) is 17.5 Å². The summed E-state index contributed by atoms with van der Waals surface area (Å²) < 4.78 is 0. The molecule has 16 heavy (non-hydrogen) atoms. The van der Waals surface area contributed by atoms with Gasteiger partial charge in [-0.15, -0.1) is 0 Å². The van der Waals surface area contributed by atoms with Crippen molar-refractivity contribution in [3.63, 3.8) is 0 Å². The molecule has 2 N–H and O–H groups in total. The molecule has 1 aromatic carbocycles. The number of rotatable bonds is 2. The maximum Gasteiger partial charge on any atom is 0.0758 e. The van der Waals surface area contributed by atoms with Crippen LogP contribution in [0.15, 0.2) is 35.4 Å². The quantitative estimate of drug-likeness (QED) is 0.450. The van der Waals surface area contributed by atoms with Crippen LogP contribution in [0.25, 0.3) is 10.4 Å². The van der Waals surface area contributed by atoms with Gasteiger partial charge in [-0.05, 0) is 17.5 Å². The van der Waals surface area contributed by atoms with E-state index in [2.05, 4.69) is 15.3 Å². The van der Waals surface area contributed by atoms with Gasteiger partial charge < -0.3 is 10.4 Å². The smallest absolute Gasteiger partial charge is 0.0758 e. The van der Waals surface area contributed by atoms with Gasteiger partial charge in [0.1, 0.15) is 0 Å². The molecule has 0 aromatic heterocycles. The first-order chi connectivity index (χ1) is 7.81. The Morgan fingerprint density at radius 2 is 2.12 bits per heavy atom. The van der Waals surface area contributed by atoms with Crippen molar-refractivity contribution in [2.75, 3.05) is 6.54 Å². The number of nitrogens with one attached hydrogen (secondary N) is 1. The van der Waals surface area contributed by atoms with Gasteiger partial charge in [-0.1, -0.05) is 35.4 Å². The standard InChI is InChI=1S/C11H14N4O/c12-15-14-10-7-13-9(6-11(10)16)8-4-2-1-3-5-8/h1-5,9-11,13,16H,6-7H2/t9-,10+,11+/m1/s1. The second kappa shape index (κ2) is 4.99. The predicted molar refractivity (Wildman–Crippen MR) is 60.7 cm³/mol. The van der Waals surface area contributed by atoms with Gasteiger partial charge in [0.2, 0.25) is 0 Å². The van der Waals surface area contributed by atoms with Gasteiger partial charge >= 0.3 is 0 Å². The normalized spacial score (nSPS) is 29.4. The van der Waals surface area contributed by atoms with Crippen molar-refractivity contribution in [3.05, 3.63) is 46.3 Å². The zero-order valence-corrected chi connectivity index (χ0v) is 8.82. The Labute approximate surface area is 93.7 Å². The topological polar surface area (TPSA) is 81.0 Å². The summed E-state index contributed by atoms with van der Waals surface area (Å²) in [5.74, 6) is 0. The van der Waals surface area contributed by atoms with Crippen molar-refractivity contribution in [2.45, 2.75) is 24.6 Å². The molecule has 1 aromatic rings. The molecule has 1 aliphatic rings. The van der Waals surface area contributed by atoms with E-state index in [1.807, 2.05) is 30.3 Å². The maximum atomic E-state index is 9.83. The molecule has 0 bridgehead atoms. The summed E-state index contributed by atoms with van der Waals surface area (Å²) >= 11 is 0. The first kappa shape index (κ1) is 11.0. The third kappa shape index (κ3) is 2.33. The molecule has 1 heterocycles. The number of hydrogen-bond donors (Lipinski definition) is 2. The van der Waals surface area contributed by atoms with Crippen molar-refractivity contribution in [3.8, 4) is 0 Å². The Bertz CT molecular complexity index is 388. The number of benzene rings is 1. The second-order valence-corrected chi connectivity index (χ2v) is 3.95. The van der Waals surface area contributed by atoms with Crippen LogP contribution >= 0.6 is 0 Å². The minimum atomic E-state index is -0.567. The maximum absolute atomic E-state index is 9.83. The molecule has 1 aliphatic heterocycles. The Morgan fingerprint density at radius 3 is 2.75 bits per heavy atom. The third-order valence-corrected chi connectivity index (χ3v) is 2.90. The second-order valence-electron chi connectivity index (χ2n) is 3.95. The lowest BCUT2D eigenvalue weighted by molar-refractivity contribution is 0.0963. The summed E-state index contributed by atoms with van der Waals surface area (Å²) in [4.78, 5) is 2.73. The van der Waals surface area contributed by atoms with E-state index in [1.54, 1.807) is 0 Å². The highest BCUT2D eigenvalue weighted by molar-refractivity contribution is 5.20. The van der Waals surface area contributed by atoms with Gasteiger partial charge in [-0.2, -0.15) is 0 Å². The molecule has 5 nitrogen and oxygen atoms in total. The minimum Gasteiger partial charge on any atom is -0.393 e. The molecule has 0 amide bonds. The predicted octanol–water partition coefficient (Wildman–Crippen LogP) is 1.76. The van der Waals surface area contributed by atoms with E-state index in [0.717, 1.165) is 5.56 Å². The van der Waals surface area contributed by atoms with E-state index < -0.39 is 6.10 Å². The average Bonchev–Trinajstić information content (AvgIpc) is 2.33. The Kier molecular flexibility index (Phi) is 3.41. The Balaban J connectivity index is 2.05. The number of aliphatic hydroxyl groups excluding tert-OH is 1. The summed E-state index contributed by atoms with van der Waals surface area (Å²) in [5, 5.41) is 16.7. The third-order valence-electron chi connectivity index (χ3n) is 2.90. The van der Waals surface area contributed by atoms with Crippen LogP contribution in [0.3, 0.4) is 0 Å². The van der Waals surface area contributed by atoms with Crippen molar-refractivity contribution < 1.29 is 5.11 Å². The van der Waals surface area contributed by atoms with E-state index in [4.69, 9.17) is 5.53 Å². The molecular weight excluding hydrogens is 204 g/mol. The van der Waals surface area contributed by atoms with Crippen LogP contribution in [0.1, 0.15) is 18.0 Å². The Hall–Kier alpha value is -1.55. The van der Waals surface area contributed by atoms with Gasteiger partial charge in [-0.3, -0.25) is 0 Å². The molecule has 0 radical (unpaired) electrons. The summed E-state index contributed by atoms with van der Waals surface area (Å²) in [7, 11) is 0. The summed E-state index contributed by atoms with van der Waals surface area (Å²) in [6, 6.07) is 9.75. The average molecular weight is 218 g/mol. The fourth-order valence-corrected chi connectivity index (χ4v) is 2.00. The zero-order chi connectivity index (χ0) is 11.4. The number of hydrogen-bond acceptors (Lipinski definition) is 3. The first-order valence-corrected chi connectivity index (χ1v) is 5.32. The molecular formula is C11H14N4O. The fraction of sp³-hybridized carbons (Fsp3) is 0.455. The van der Waals surface area contributed by atoms with Crippen molar-refractivity contribution in [1.82, 2.24) is 5.32 Å². The summed E-state index contributed by atoms with van der Waals surface area (Å²) in [6.07, 6.45) is 0.00982. The minimum absolute atomic E-state index is 0.140. The van der Waals surface area contributed by atoms with Crippen molar-refractivity contribution in [2.24, 2.45) is 5.11 Å². The lowest BCUT2D eigenvalue weighted by atomic mass is 9.93. The molecule has 84 valence electrons. The molecule has 2 rings (SSSR count). The monoisotopic (exact) mass is 218 g/mol. The molecule has 1 saturated heterocycles. The molecule has 0 unspecified atom stereocenters. The summed E-state index contributed by atoms with van der Waals surface area (Å²) in [5.41, 5.74) is 9.49. The highest BCUT2D eigenvalue weighted by atomic mass is 16.3. The van der Waals surface area contributed by atoms with Gasteiger partial charge in [-0.25, -0.2) is 0 Å². The lowest BCUT2D eigenvalue weighted by Gasteiger charge is -2.32. The lowest BCUT2D eigenvalue weighted by Crippen LogP contribution is -2.44. The van der Waals surface area contributed by atoms with Crippen LogP contribution in [0.4, 0.5) is 0 Å². The van der Waals surface area contributed by atoms with E-state index in [1.165, 1.54) is 0 Å². The number of piperidine rings is 1. The Morgan fingerprint density at radius 1 is 1.38 bits per heavy atom. The first-order valence-electron chi connectivity index (χ1n) is 5.32. The molecule has 0 saturated carbocycles. The van der Waals surface area contributed by atoms with Crippen LogP contribution < -0.4 is 5.32 Å². The van der Waals surface area contributed by atoms with Crippen molar-refractivity contribution >= 4 is 0 Å². The van der Waals surface area contributed by atoms with E-state index in [0.29, 0.717) is 13.0 Å². The van der Waals surface area contributed by atoms with Crippen molar-refractivity contribution in [1.29, 1.82) is 0 Å². The summed E-state index contributed by atoms with van der Waals surface area (Å²) in [6.45, 7) is 0.519. The van der Waals surface area contributed by atoms with Gasteiger partial charge in [0.15, 0.2) is 0 Å². The number of azide groups is 1. The van der Waals surface area contributed by atoms with E-state index in [-0.39, 0.29) is 12.1 Å². The molecule has 3 atom stereocenters. The van der Waals surface area contributed by atoms with Crippen LogP contribution in [0.2, 0.25) is 0 Å². The number of nitrogens with zero attached hydrogens (tertiary/aromatic N) is 3. The number of aliphatic hydroxyl groups is 1. The highest BCUT2D eigenvalue weighted by Gasteiger charge is 2.28. The van der Waals surface area contributed by atoms with Crippen LogP contribution in [-0.4, -0.2) is 23.8 Å². The zero-order valence-electron chi connectivity index (χ0n) is 8.82. The molecule has 0 aliphatic carbocycles.